The molecule has 2 aromatic rings. The van der Waals surface area contributed by atoms with Crippen LogP contribution >= 0.6 is 11.8 Å². The van der Waals surface area contributed by atoms with E-state index in [9.17, 15) is 0 Å². The van der Waals surface area contributed by atoms with E-state index in [1.54, 1.807) is 0 Å². The average molecular weight is 289 g/mol. The van der Waals surface area contributed by atoms with Crippen LogP contribution in [0, 0.1) is 0 Å². The Morgan fingerprint density at radius 3 is 2.80 bits per heavy atom. The first-order valence-corrected chi connectivity index (χ1v) is 8.20. The first kappa shape index (κ1) is 15.1. The van der Waals surface area contributed by atoms with Gasteiger partial charge >= 0.3 is 0 Å². The van der Waals surface area contributed by atoms with Crippen LogP contribution in [0.4, 0.5) is 0 Å². The molecule has 1 aromatic carbocycles. The molecule has 1 unspecified atom stereocenters. The van der Waals surface area contributed by atoms with E-state index in [2.05, 4.69) is 71.5 Å². The molecule has 0 saturated carbocycles. The smallest absolute Gasteiger partial charge is 0.0762 e. The van der Waals surface area contributed by atoms with Crippen molar-refractivity contribution in [3.05, 3.63) is 48.3 Å². The summed E-state index contributed by atoms with van der Waals surface area (Å²) in [6.07, 6.45) is 3.19. The average Bonchev–Trinajstić information content (AvgIpc) is 2.96. The fraction of sp³-hybridized carbons (Fsp3) is 0.438. The molecule has 0 saturated heterocycles. The maximum absolute atomic E-state index is 4.58. The van der Waals surface area contributed by atoms with Gasteiger partial charge in [0, 0.05) is 36.0 Å². The number of benzene rings is 1. The van der Waals surface area contributed by atoms with Gasteiger partial charge in [-0.25, -0.2) is 0 Å². The zero-order chi connectivity index (χ0) is 14.2. The molecule has 108 valence electrons. The van der Waals surface area contributed by atoms with Crippen LogP contribution in [0.1, 0.15) is 32.0 Å². The molecule has 0 aliphatic rings. The molecule has 0 fully saturated rings. The van der Waals surface area contributed by atoms with Gasteiger partial charge in [0.2, 0.25) is 0 Å². The zero-order valence-electron chi connectivity index (χ0n) is 12.2. The third-order valence-electron chi connectivity index (χ3n) is 3.30. The SMILES string of the molecule is CCC(C)n1ccc(CNCCSc2ccccc2)n1. The van der Waals surface area contributed by atoms with Crippen molar-refractivity contribution in [2.24, 2.45) is 0 Å². The molecule has 1 heterocycles. The van der Waals surface area contributed by atoms with Gasteiger partial charge in [-0.05, 0) is 31.5 Å². The van der Waals surface area contributed by atoms with Gasteiger partial charge in [-0.3, -0.25) is 4.68 Å². The zero-order valence-corrected chi connectivity index (χ0v) is 13.1. The number of aromatic nitrogens is 2. The first-order valence-electron chi connectivity index (χ1n) is 7.22. The molecule has 2 rings (SSSR count). The lowest BCUT2D eigenvalue weighted by Gasteiger charge is -2.08. The summed E-state index contributed by atoms with van der Waals surface area (Å²) in [5, 5.41) is 8.03. The fourth-order valence-electron chi connectivity index (χ4n) is 1.88. The molecule has 0 bridgehead atoms. The van der Waals surface area contributed by atoms with Crippen molar-refractivity contribution < 1.29 is 0 Å². The number of thioether (sulfide) groups is 1. The number of rotatable bonds is 8. The lowest BCUT2D eigenvalue weighted by atomic mass is 10.3. The Balaban J connectivity index is 1.65. The minimum Gasteiger partial charge on any atom is -0.310 e. The summed E-state index contributed by atoms with van der Waals surface area (Å²) in [6, 6.07) is 13.1. The lowest BCUT2D eigenvalue weighted by Crippen LogP contribution is -2.17. The van der Waals surface area contributed by atoms with E-state index in [-0.39, 0.29) is 0 Å². The molecular formula is C16H23N3S. The molecule has 1 aromatic heterocycles. The Labute approximate surface area is 125 Å². The van der Waals surface area contributed by atoms with E-state index in [1.807, 2.05) is 11.8 Å². The number of hydrogen-bond acceptors (Lipinski definition) is 3. The maximum atomic E-state index is 4.58. The van der Waals surface area contributed by atoms with Gasteiger partial charge in [-0.15, -0.1) is 11.8 Å². The molecule has 1 atom stereocenters. The fourth-order valence-corrected chi connectivity index (χ4v) is 2.71. The van der Waals surface area contributed by atoms with E-state index in [1.165, 1.54) is 4.90 Å². The van der Waals surface area contributed by atoms with Crippen LogP contribution in [0.3, 0.4) is 0 Å². The quantitative estimate of drug-likeness (QED) is 0.593. The van der Waals surface area contributed by atoms with Gasteiger partial charge in [-0.2, -0.15) is 5.10 Å². The third kappa shape index (κ3) is 4.69. The van der Waals surface area contributed by atoms with Crippen LogP contribution in [0.5, 0.6) is 0 Å². The standard InChI is InChI=1S/C16H23N3S/c1-3-14(2)19-11-9-15(18-19)13-17-10-12-20-16-7-5-4-6-8-16/h4-9,11,14,17H,3,10,12-13H2,1-2H3. The van der Waals surface area contributed by atoms with Gasteiger partial charge in [-0.1, -0.05) is 25.1 Å². The summed E-state index contributed by atoms with van der Waals surface area (Å²) in [7, 11) is 0. The predicted molar refractivity (Wildman–Crippen MR) is 86.1 cm³/mol. The van der Waals surface area contributed by atoms with Crippen molar-refractivity contribution >= 4 is 11.8 Å². The summed E-state index contributed by atoms with van der Waals surface area (Å²) in [4.78, 5) is 1.33. The highest BCUT2D eigenvalue weighted by Gasteiger charge is 2.03. The third-order valence-corrected chi connectivity index (χ3v) is 4.32. The second-order valence-electron chi connectivity index (χ2n) is 4.88. The summed E-state index contributed by atoms with van der Waals surface area (Å²) < 4.78 is 2.05. The number of hydrogen-bond donors (Lipinski definition) is 1. The van der Waals surface area contributed by atoms with Crippen LogP contribution in [0.25, 0.3) is 0 Å². The molecule has 0 aliphatic heterocycles. The predicted octanol–water partition coefficient (Wildman–Crippen LogP) is 3.74. The number of nitrogens with zero attached hydrogens (tertiary/aromatic N) is 2. The van der Waals surface area contributed by atoms with E-state index >= 15 is 0 Å². The Morgan fingerprint density at radius 1 is 1.25 bits per heavy atom. The van der Waals surface area contributed by atoms with Gasteiger partial charge in [0.05, 0.1) is 5.69 Å². The summed E-state index contributed by atoms with van der Waals surface area (Å²) in [5.74, 6) is 1.08. The van der Waals surface area contributed by atoms with E-state index < -0.39 is 0 Å². The highest BCUT2D eigenvalue weighted by Crippen LogP contribution is 2.15. The van der Waals surface area contributed by atoms with Crippen LogP contribution in [0.2, 0.25) is 0 Å². The molecule has 4 heteroatoms. The van der Waals surface area contributed by atoms with Crippen LogP contribution in [-0.2, 0) is 6.54 Å². The molecule has 0 aliphatic carbocycles. The van der Waals surface area contributed by atoms with Gasteiger partial charge in [0.25, 0.3) is 0 Å². The maximum Gasteiger partial charge on any atom is 0.0762 e. The van der Waals surface area contributed by atoms with Crippen molar-refractivity contribution in [3.63, 3.8) is 0 Å². The normalized spacial score (nSPS) is 12.5. The molecule has 0 spiro atoms. The highest BCUT2D eigenvalue weighted by molar-refractivity contribution is 7.99. The highest BCUT2D eigenvalue weighted by atomic mass is 32.2. The van der Waals surface area contributed by atoms with Crippen molar-refractivity contribution in [2.45, 2.75) is 37.8 Å². The van der Waals surface area contributed by atoms with Gasteiger partial charge in [0.1, 0.15) is 0 Å². The van der Waals surface area contributed by atoms with Crippen LogP contribution in [-0.4, -0.2) is 22.1 Å². The van der Waals surface area contributed by atoms with Crippen LogP contribution < -0.4 is 5.32 Å². The summed E-state index contributed by atoms with van der Waals surface area (Å²) in [5.41, 5.74) is 1.12. The van der Waals surface area contributed by atoms with Crippen molar-refractivity contribution in [2.75, 3.05) is 12.3 Å². The van der Waals surface area contributed by atoms with E-state index in [4.69, 9.17) is 0 Å². The molecule has 3 nitrogen and oxygen atoms in total. The monoisotopic (exact) mass is 289 g/mol. The summed E-state index contributed by atoms with van der Waals surface area (Å²) >= 11 is 1.88. The van der Waals surface area contributed by atoms with Gasteiger partial charge in [0.15, 0.2) is 0 Å². The van der Waals surface area contributed by atoms with E-state index in [0.717, 1.165) is 31.0 Å². The topological polar surface area (TPSA) is 29.9 Å². The molecule has 0 radical (unpaired) electrons. The Kier molecular flexibility index (Phi) is 6.15. The molecule has 1 N–H and O–H groups in total. The molecule has 20 heavy (non-hydrogen) atoms. The van der Waals surface area contributed by atoms with Crippen LogP contribution in [0.15, 0.2) is 47.5 Å². The Bertz CT molecular complexity index is 495. The molecular weight excluding hydrogens is 266 g/mol. The van der Waals surface area contributed by atoms with Crippen molar-refractivity contribution in [3.8, 4) is 0 Å². The minimum atomic E-state index is 0.484. The second kappa shape index (κ2) is 8.12. The first-order chi connectivity index (χ1) is 9.79. The largest absolute Gasteiger partial charge is 0.310 e. The lowest BCUT2D eigenvalue weighted by molar-refractivity contribution is 0.472. The van der Waals surface area contributed by atoms with Crippen molar-refractivity contribution in [1.82, 2.24) is 15.1 Å². The van der Waals surface area contributed by atoms with Gasteiger partial charge < -0.3 is 5.32 Å². The second-order valence-corrected chi connectivity index (χ2v) is 6.05. The number of nitrogens with one attached hydrogen (secondary N) is 1. The Hall–Kier alpha value is -1.26. The minimum absolute atomic E-state index is 0.484. The van der Waals surface area contributed by atoms with E-state index in [0.29, 0.717) is 6.04 Å². The van der Waals surface area contributed by atoms with Crippen molar-refractivity contribution in [1.29, 1.82) is 0 Å². The molecule has 0 amide bonds. The summed E-state index contributed by atoms with van der Waals surface area (Å²) in [6.45, 7) is 6.22. The Morgan fingerprint density at radius 2 is 2.05 bits per heavy atom.